The van der Waals surface area contributed by atoms with Crippen molar-refractivity contribution in [3.63, 3.8) is 0 Å². The third kappa shape index (κ3) is 4.64. The van der Waals surface area contributed by atoms with Gasteiger partial charge in [0, 0.05) is 12.3 Å². The van der Waals surface area contributed by atoms with Gasteiger partial charge in [0.25, 0.3) is 0 Å². The normalized spacial score (nSPS) is 20.2. The molecule has 0 radical (unpaired) electrons. The summed E-state index contributed by atoms with van der Waals surface area (Å²) in [5, 5.41) is 9.64. The van der Waals surface area contributed by atoms with Crippen LogP contribution in [0.2, 0.25) is 0 Å². The van der Waals surface area contributed by atoms with Crippen LogP contribution in [0.4, 0.5) is 4.79 Å². The van der Waals surface area contributed by atoms with E-state index in [-0.39, 0.29) is 31.6 Å². The van der Waals surface area contributed by atoms with E-state index >= 15 is 0 Å². The van der Waals surface area contributed by atoms with Gasteiger partial charge in [-0.3, -0.25) is 4.90 Å². The van der Waals surface area contributed by atoms with Gasteiger partial charge in [-0.2, -0.15) is 0 Å². The fraction of sp³-hybridized carbons (Fsp3) is 0.440. The molecule has 1 N–H and O–H groups in total. The molecular weight excluding hydrogens is 408 g/mol. The lowest BCUT2D eigenvalue weighted by molar-refractivity contribution is -0.870. The summed E-state index contributed by atoms with van der Waals surface area (Å²) in [6.45, 7) is 1.71. The number of rotatable bonds is 7. The Hall–Kier alpha value is -2.90. The highest BCUT2D eigenvalue weighted by Gasteiger charge is 2.41. The molecule has 2 aromatic carbocycles. The standard InChI is InChI=1S/C25H30N2O5/c1-27(2,3)12-13-31-17-14-23(24(28)29)26(15-17)25(30)32-16-22-20-10-6-4-8-18(20)19-9-5-7-11-21(19)22/h4-11,17,22-23H,12-16H2,1-3H3/p+1/t17-,23+/m0/s1. The number of hydrogen-bond donors (Lipinski definition) is 1. The Labute approximate surface area is 188 Å². The summed E-state index contributed by atoms with van der Waals surface area (Å²) >= 11 is 0. The van der Waals surface area contributed by atoms with Crippen LogP contribution in [-0.2, 0) is 14.3 Å². The van der Waals surface area contributed by atoms with Crippen LogP contribution in [0.5, 0.6) is 0 Å². The molecule has 1 aliphatic carbocycles. The van der Waals surface area contributed by atoms with Gasteiger partial charge in [0.15, 0.2) is 0 Å². The molecule has 0 bridgehead atoms. The first-order valence-corrected chi connectivity index (χ1v) is 11.0. The molecule has 1 amide bonds. The zero-order valence-electron chi connectivity index (χ0n) is 18.9. The van der Waals surface area contributed by atoms with Crippen LogP contribution in [0, 0.1) is 0 Å². The van der Waals surface area contributed by atoms with Crippen LogP contribution in [-0.4, -0.2) is 86.1 Å². The molecule has 170 valence electrons. The number of quaternary nitrogens is 1. The van der Waals surface area contributed by atoms with Crippen molar-refractivity contribution in [2.24, 2.45) is 0 Å². The minimum atomic E-state index is -1.03. The SMILES string of the molecule is C[N+](C)(C)CCO[C@H]1C[C@H](C(=O)O)N(C(=O)OCC2c3ccccc3-c3ccccc32)C1. The number of fused-ring (bicyclic) bond motifs is 3. The van der Waals surface area contributed by atoms with Gasteiger partial charge in [-0.05, 0) is 22.3 Å². The third-order valence-electron chi connectivity index (χ3n) is 6.23. The van der Waals surface area contributed by atoms with E-state index in [1.54, 1.807) is 0 Å². The van der Waals surface area contributed by atoms with Crippen LogP contribution in [0.1, 0.15) is 23.5 Å². The van der Waals surface area contributed by atoms with Gasteiger partial charge < -0.3 is 19.1 Å². The smallest absolute Gasteiger partial charge is 0.410 e. The average Bonchev–Trinajstić information content (AvgIpc) is 3.31. The molecule has 2 aliphatic rings. The Morgan fingerprint density at radius 3 is 2.19 bits per heavy atom. The molecule has 0 aromatic heterocycles. The molecule has 32 heavy (non-hydrogen) atoms. The van der Waals surface area contributed by atoms with Crippen molar-refractivity contribution in [2.45, 2.75) is 24.5 Å². The highest BCUT2D eigenvalue weighted by atomic mass is 16.6. The molecule has 1 aliphatic heterocycles. The van der Waals surface area contributed by atoms with Gasteiger partial charge in [0.2, 0.25) is 0 Å². The Balaban J connectivity index is 1.41. The number of ether oxygens (including phenoxy) is 2. The molecule has 0 saturated carbocycles. The zero-order chi connectivity index (χ0) is 22.9. The Kier molecular flexibility index (Phi) is 6.22. The van der Waals surface area contributed by atoms with Gasteiger partial charge in [-0.1, -0.05) is 48.5 Å². The topological polar surface area (TPSA) is 76.1 Å². The summed E-state index contributed by atoms with van der Waals surface area (Å²) in [5.74, 6) is -1.09. The molecule has 2 aromatic rings. The molecule has 0 spiro atoms. The second-order valence-corrected chi connectivity index (χ2v) is 9.55. The lowest BCUT2D eigenvalue weighted by atomic mass is 9.98. The molecular formula is C25H31N2O5+. The Bertz CT molecular complexity index is 954. The maximum absolute atomic E-state index is 12.9. The second kappa shape index (κ2) is 8.92. The van der Waals surface area contributed by atoms with Crippen molar-refractivity contribution in [2.75, 3.05) is 47.4 Å². The van der Waals surface area contributed by atoms with Crippen LogP contribution in [0.3, 0.4) is 0 Å². The number of nitrogens with zero attached hydrogens (tertiary/aromatic N) is 2. The number of benzene rings is 2. The van der Waals surface area contributed by atoms with Crippen LogP contribution < -0.4 is 0 Å². The predicted molar refractivity (Wildman–Crippen MR) is 120 cm³/mol. The molecule has 2 atom stereocenters. The van der Waals surface area contributed by atoms with E-state index < -0.39 is 18.1 Å². The van der Waals surface area contributed by atoms with E-state index in [1.165, 1.54) is 4.90 Å². The Morgan fingerprint density at radius 2 is 1.62 bits per heavy atom. The van der Waals surface area contributed by atoms with Crippen molar-refractivity contribution in [3.8, 4) is 11.1 Å². The van der Waals surface area contributed by atoms with E-state index in [1.807, 2.05) is 24.3 Å². The first-order valence-electron chi connectivity index (χ1n) is 11.0. The van der Waals surface area contributed by atoms with E-state index in [4.69, 9.17) is 9.47 Å². The highest BCUT2D eigenvalue weighted by molar-refractivity contribution is 5.81. The van der Waals surface area contributed by atoms with E-state index in [0.29, 0.717) is 6.61 Å². The van der Waals surface area contributed by atoms with Crippen LogP contribution >= 0.6 is 0 Å². The largest absolute Gasteiger partial charge is 0.480 e. The zero-order valence-corrected chi connectivity index (χ0v) is 18.9. The fourth-order valence-electron chi connectivity index (χ4n) is 4.52. The lowest BCUT2D eigenvalue weighted by Gasteiger charge is -2.24. The maximum atomic E-state index is 12.9. The van der Waals surface area contributed by atoms with Crippen molar-refractivity contribution in [1.29, 1.82) is 0 Å². The van der Waals surface area contributed by atoms with Gasteiger partial charge >= 0.3 is 12.1 Å². The van der Waals surface area contributed by atoms with Crippen molar-refractivity contribution < 1.29 is 28.7 Å². The maximum Gasteiger partial charge on any atom is 0.410 e. The van der Waals surface area contributed by atoms with E-state index in [9.17, 15) is 14.7 Å². The van der Waals surface area contributed by atoms with Gasteiger partial charge in [0.1, 0.15) is 19.2 Å². The summed E-state index contributed by atoms with van der Waals surface area (Å²) in [4.78, 5) is 26.0. The van der Waals surface area contributed by atoms with Gasteiger partial charge in [-0.15, -0.1) is 0 Å². The number of likely N-dealkylation sites (N-methyl/N-ethyl adjacent to an activating group) is 1. The number of carboxylic acid groups (broad SMARTS) is 1. The third-order valence-corrected chi connectivity index (χ3v) is 6.23. The van der Waals surface area contributed by atoms with Crippen molar-refractivity contribution >= 4 is 12.1 Å². The quantitative estimate of drug-likeness (QED) is 0.671. The monoisotopic (exact) mass is 439 g/mol. The molecule has 1 saturated heterocycles. The van der Waals surface area contributed by atoms with Crippen LogP contribution in [0.25, 0.3) is 11.1 Å². The molecule has 7 nitrogen and oxygen atoms in total. The summed E-state index contributed by atoms with van der Waals surface area (Å²) < 4.78 is 12.3. The number of carbonyl (C=O) groups is 2. The first-order chi connectivity index (χ1) is 15.2. The van der Waals surface area contributed by atoms with E-state index in [2.05, 4.69) is 45.4 Å². The molecule has 1 fully saturated rings. The molecule has 7 heteroatoms. The van der Waals surface area contributed by atoms with Crippen LogP contribution in [0.15, 0.2) is 48.5 Å². The highest BCUT2D eigenvalue weighted by Crippen LogP contribution is 2.44. The minimum absolute atomic E-state index is 0.0613. The van der Waals surface area contributed by atoms with E-state index in [0.717, 1.165) is 33.3 Å². The average molecular weight is 440 g/mol. The number of aliphatic carboxylic acids is 1. The van der Waals surface area contributed by atoms with Crippen molar-refractivity contribution in [1.82, 2.24) is 4.90 Å². The summed E-state index contributed by atoms with van der Waals surface area (Å²) in [6.07, 6.45) is -0.628. The summed E-state index contributed by atoms with van der Waals surface area (Å²) in [7, 11) is 6.21. The Morgan fingerprint density at radius 1 is 1.03 bits per heavy atom. The second-order valence-electron chi connectivity index (χ2n) is 9.55. The number of carboxylic acids is 1. The summed E-state index contributed by atoms with van der Waals surface area (Å²) in [5.41, 5.74) is 4.55. The molecule has 1 heterocycles. The molecule has 0 unspecified atom stereocenters. The van der Waals surface area contributed by atoms with Gasteiger partial charge in [-0.25, -0.2) is 9.59 Å². The number of likely N-dealkylation sites (tertiary alicyclic amines) is 1. The number of amides is 1. The first kappa shape index (κ1) is 22.3. The minimum Gasteiger partial charge on any atom is -0.480 e. The number of hydrogen-bond acceptors (Lipinski definition) is 4. The van der Waals surface area contributed by atoms with Gasteiger partial charge in [0.05, 0.1) is 40.4 Å². The molecule has 4 rings (SSSR count). The fourth-order valence-corrected chi connectivity index (χ4v) is 4.52. The summed E-state index contributed by atoms with van der Waals surface area (Å²) in [6, 6.07) is 15.3. The lowest BCUT2D eigenvalue weighted by Crippen LogP contribution is -2.41. The predicted octanol–water partition coefficient (Wildman–Crippen LogP) is 3.19. The van der Waals surface area contributed by atoms with Crippen molar-refractivity contribution in [3.05, 3.63) is 59.7 Å². The number of carbonyl (C=O) groups excluding carboxylic acids is 1.